The van der Waals surface area contributed by atoms with Gasteiger partial charge in [-0.15, -0.1) is 0 Å². The first-order valence-corrected chi connectivity index (χ1v) is 8.47. The minimum absolute atomic E-state index is 0.759. The SMILES string of the molecule is CCCNC1CCCC1N1CCN(C(C)CC)CC1. The van der Waals surface area contributed by atoms with E-state index < -0.39 is 0 Å². The Kier molecular flexibility index (Phi) is 6.11. The molecule has 1 saturated carbocycles. The lowest BCUT2D eigenvalue weighted by Gasteiger charge is -2.42. The highest BCUT2D eigenvalue weighted by atomic mass is 15.3. The molecule has 0 radical (unpaired) electrons. The highest BCUT2D eigenvalue weighted by Crippen LogP contribution is 2.25. The Balaban J connectivity index is 1.80. The lowest BCUT2D eigenvalue weighted by Crippen LogP contribution is -2.56. The molecule has 0 spiro atoms. The smallest absolute Gasteiger partial charge is 0.0250 e. The molecular weight excluding hydrogens is 234 g/mol. The fraction of sp³-hybridized carbons (Fsp3) is 1.00. The number of nitrogens with one attached hydrogen (secondary N) is 1. The van der Waals surface area contributed by atoms with E-state index in [0.717, 1.165) is 18.1 Å². The Morgan fingerprint density at radius 3 is 2.47 bits per heavy atom. The molecule has 1 aliphatic carbocycles. The topological polar surface area (TPSA) is 18.5 Å². The molecule has 0 aromatic carbocycles. The van der Waals surface area contributed by atoms with E-state index in [-0.39, 0.29) is 0 Å². The van der Waals surface area contributed by atoms with Crippen molar-refractivity contribution in [3.05, 3.63) is 0 Å². The van der Waals surface area contributed by atoms with Gasteiger partial charge in [0.2, 0.25) is 0 Å². The van der Waals surface area contributed by atoms with Gasteiger partial charge in [0.15, 0.2) is 0 Å². The van der Waals surface area contributed by atoms with Gasteiger partial charge in [0.05, 0.1) is 0 Å². The van der Waals surface area contributed by atoms with E-state index in [4.69, 9.17) is 0 Å². The van der Waals surface area contributed by atoms with Crippen LogP contribution in [0.15, 0.2) is 0 Å². The molecule has 3 unspecified atom stereocenters. The number of rotatable bonds is 6. The zero-order chi connectivity index (χ0) is 13.7. The second kappa shape index (κ2) is 7.61. The Hall–Kier alpha value is -0.120. The van der Waals surface area contributed by atoms with Crippen molar-refractivity contribution in [2.24, 2.45) is 0 Å². The van der Waals surface area contributed by atoms with E-state index in [1.807, 2.05) is 0 Å². The van der Waals surface area contributed by atoms with E-state index in [9.17, 15) is 0 Å². The monoisotopic (exact) mass is 267 g/mol. The first-order valence-electron chi connectivity index (χ1n) is 8.47. The molecule has 19 heavy (non-hydrogen) atoms. The van der Waals surface area contributed by atoms with Gasteiger partial charge in [-0.2, -0.15) is 0 Å². The van der Waals surface area contributed by atoms with Crippen LogP contribution in [0, 0.1) is 0 Å². The van der Waals surface area contributed by atoms with Crippen LogP contribution in [0.25, 0.3) is 0 Å². The molecule has 2 fully saturated rings. The van der Waals surface area contributed by atoms with E-state index in [0.29, 0.717) is 0 Å². The van der Waals surface area contributed by atoms with Gasteiger partial charge in [0.1, 0.15) is 0 Å². The van der Waals surface area contributed by atoms with Gasteiger partial charge >= 0.3 is 0 Å². The van der Waals surface area contributed by atoms with Gasteiger partial charge in [0, 0.05) is 44.3 Å². The third-order valence-electron chi connectivity index (χ3n) is 5.17. The molecule has 2 aliphatic rings. The summed E-state index contributed by atoms with van der Waals surface area (Å²) in [6, 6.07) is 2.33. The average molecular weight is 267 g/mol. The molecule has 1 N–H and O–H groups in total. The number of nitrogens with zero attached hydrogens (tertiary/aromatic N) is 2. The summed E-state index contributed by atoms with van der Waals surface area (Å²) in [5.74, 6) is 0. The summed E-state index contributed by atoms with van der Waals surface area (Å²) in [5.41, 5.74) is 0. The van der Waals surface area contributed by atoms with Crippen molar-refractivity contribution in [2.45, 2.75) is 71.0 Å². The number of piperazine rings is 1. The van der Waals surface area contributed by atoms with Crippen LogP contribution in [0.2, 0.25) is 0 Å². The van der Waals surface area contributed by atoms with E-state index in [1.165, 1.54) is 64.8 Å². The van der Waals surface area contributed by atoms with Gasteiger partial charge < -0.3 is 5.32 Å². The second-order valence-electron chi connectivity index (χ2n) is 6.39. The molecule has 1 heterocycles. The van der Waals surface area contributed by atoms with Gasteiger partial charge in [-0.1, -0.05) is 20.3 Å². The maximum atomic E-state index is 3.77. The van der Waals surface area contributed by atoms with Gasteiger partial charge in [-0.25, -0.2) is 0 Å². The van der Waals surface area contributed by atoms with E-state index in [1.54, 1.807) is 0 Å². The molecule has 2 rings (SSSR count). The maximum Gasteiger partial charge on any atom is 0.0250 e. The average Bonchev–Trinajstić information content (AvgIpc) is 2.92. The van der Waals surface area contributed by atoms with Crippen LogP contribution < -0.4 is 5.32 Å². The van der Waals surface area contributed by atoms with E-state index in [2.05, 4.69) is 35.9 Å². The van der Waals surface area contributed by atoms with Crippen LogP contribution in [0.4, 0.5) is 0 Å². The molecule has 0 bridgehead atoms. The Bertz CT molecular complexity index is 248. The highest BCUT2D eigenvalue weighted by molar-refractivity contribution is 4.92. The summed E-state index contributed by atoms with van der Waals surface area (Å²) >= 11 is 0. The van der Waals surface area contributed by atoms with Gasteiger partial charge in [-0.05, 0) is 39.2 Å². The molecule has 0 aromatic rings. The zero-order valence-corrected chi connectivity index (χ0v) is 13.2. The predicted octanol–water partition coefficient (Wildman–Crippen LogP) is 2.32. The van der Waals surface area contributed by atoms with Crippen LogP contribution in [-0.4, -0.2) is 60.6 Å². The Morgan fingerprint density at radius 1 is 1.11 bits per heavy atom. The van der Waals surface area contributed by atoms with Crippen LogP contribution in [0.3, 0.4) is 0 Å². The van der Waals surface area contributed by atoms with Gasteiger partial charge in [-0.3, -0.25) is 9.80 Å². The quantitative estimate of drug-likeness (QED) is 0.797. The summed E-state index contributed by atoms with van der Waals surface area (Å²) in [4.78, 5) is 5.43. The summed E-state index contributed by atoms with van der Waals surface area (Å²) in [7, 11) is 0. The highest BCUT2D eigenvalue weighted by Gasteiger charge is 2.33. The number of hydrogen-bond acceptors (Lipinski definition) is 3. The minimum Gasteiger partial charge on any atom is -0.312 e. The molecule has 1 aliphatic heterocycles. The molecule has 1 saturated heterocycles. The summed E-state index contributed by atoms with van der Waals surface area (Å²) < 4.78 is 0. The Labute approximate surface area is 119 Å². The fourth-order valence-electron chi connectivity index (χ4n) is 3.71. The molecular formula is C16H33N3. The third-order valence-corrected chi connectivity index (χ3v) is 5.17. The summed E-state index contributed by atoms with van der Waals surface area (Å²) in [6.07, 6.45) is 6.74. The standard InChI is InChI=1S/C16H33N3/c1-4-9-17-15-7-6-8-16(15)19-12-10-18(11-13-19)14(3)5-2/h14-17H,4-13H2,1-3H3. The van der Waals surface area contributed by atoms with Crippen LogP contribution in [0.5, 0.6) is 0 Å². The molecule has 0 amide bonds. The van der Waals surface area contributed by atoms with E-state index >= 15 is 0 Å². The van der Waals surface area contributed by atoms with Crippen molar-refractivity contribution in [1.29, 1.82) is 0 Å². The second-order valence-corrected chi connectivity index (χ2v) is 6.39. The van der Waals surface area contributed by atoms with Crippen molar-refractivity contribution in [1.82, 2.24) is 15.1 Å². The van der Waals surface area contributed by atoms with Crippen molar-refractivity contribution in [3.8, 4) is 0 Å². The lowest BCUT2D eigenvalue weighted by molar-refractivity contribution is 0.0656. The maximum absolute atomic E-state index is 3.77. The normalized spacial score (nSPS) is 31.7. The van der Waals surface area contributed by atoms with Crippen LogP contribution in [0.1, 0.15) is 52.9 Å². The van der Waals surface area contributed by atoms with Gasteiger partial charge in [0.25, 0.3) is 0 Å². The predicted molar refractivity (Wildman–Crippen MR) is 82.6 cm³/mol. The first-order chi connectivity index (χ1) is 9.26. The van der Waals surface area contributed by atoms with Crippen LogP contribution >= 0.6 is 0 Å². The van der Waals surface area contributed by atoms with Crippen molar-refractivity contribution in [2.75, 3.05) is 32.7 Å². The molecule has 3 atom stereocenters. The van der Waals surface area contributed by atoms with Crippen LogP contribution in [-0.2, 0) is 0 Å². The zero-order valence-electron chi connectivity index (χ0n) is 13.2. The molecule has 3 heteroatoms. The fourth-order valence-corrected chi connectivity index (χ4v) is 3.71. The Morgan fingerprint density at radius 2 is 1.84 bits per heavy atom. The summed E-state index contributed by atoms with van der Waals surface area (Å²) in [5, 5.41) is 3.77. The largest absolute Gasteiger partial charge is 0.312 e. The first kappa shape index (κ1) is 15.3. The molecule has 112 valence electrons. The summed E-state index contributed by atoms with van der Waals surface area (Å²) in [6.45, 7) is 13.2. The third kappa shape index (κ3) is 3.93. The minimum atomic E-state index is 0.759. The molecule has 3 nitrogen and oxygen atoms in total. The number of hydrogen-bond donors (Lipinski definition) is 1. The van der Waals surface area contributed by atoms with Crippen molar-refractivity contribution in [3.63, 3.8) is 0 Å². The molecule has 0 aromatic heterocycles. The van der Waals surface area contributed by atoms with Crippen molar-refractivity contribution < 1.29 is 0 Å². The lowest BCUT2D eigenvalue weighted by atomic mass is 10.1. The van der Waals surface area contributed by atoms with Crippen molar-refractivity contribution >= 4 is 0 Å².